The van der Waals surface area contributed by atoms with Crippen LogP contribution >= 0.6 is 11.8 Å². The molecule has 0 spiro atoms. The second-order valence-electron chi connectivity index (χ2n) is 11.6. The lowest BCUT2D eigenvalue weighted by Gasteiger charge is -2.43. The van der Waals surface area contributed by atoms with Gasteiger partial charge < -0.3 is 15.3 Å². The van der Waals surface area contributed by atoms with Gasteiger partial charge in [0.15, 0.2) is 0 Å². The number of aliphatic carboxylic acids is 1. The number of carbonyl (C=O) groups excluding carboxylic acids is 2. The monoisotopic (exact) mass is 601 g/mol. The van der Waals surface area contributed by atoms with Crippen LogP contribution in [0.25, 0.3) is 0 Å². The maximum absolute atomic E-state index is 12.3. The number of rotatable bonds is 11. The molecule has 2 fully saturated rings. The van der Waals surface area contributed by atoms with E-state index in [1.165, 1.54) is 40.6 Å². The number of nitrogens with zero attached hydrogens (tertiary/aromatic N) is 2. The fraction of sp³-hybridized carbons (Fsp3) is 0.400. The van der Waals surface area contributed by atoms with Gasteiger partial charge in [-0.15, -0.1) is 11.8 Å². The summed E-state index contributed by atoms with van der Waals surface area (Å²) in [4.78, 5) is 39.8. The molecular formula is C35H43N3O4S. The summed E-state index contributed by atoms with van der Waals surface area (Å²) >= 11 is 1.42. The highest BCUT2D eigenvalue weighted by Gasteiger charge is 2.64. The van der Waals surface area contributed by atoms with Gasteiger partial charge in [0.05, 0.1) is 12.5 Å². The Hall–Kier alpha value is -3.62. The Morgan fingerprint density at radius 1 is 0.884 bits per heavy atom. The third kappa shape index (κ3) is 7.67. The quantitative estimate of drug-likeness (QED) is 0.272. The number of carboxylic acids is 1. The first-order valence-corrected chi connectivity index (χ1v) is 16.0. The molecule has 5 rings (SSSR count). The number of carbonyl (C=O) groups is 3. The molecule has 7 nitrogen and oxygen atoms in total. The summed E-state index contributed by atoms with van der Waals surface area (Å²) in [7, 11) is 0. The van der Waals surface area contributed by atoms with Crippen molar-refractivity contribution in [2.24, 2.45) is 0 Å². The summed E-state index contributed by atoms with van der Waals surface area (Å²) in [5.41, 5.74) is 3.65. The number of carboxylic acid groups (broad SMARTS) is 1. The van der Waals surface area contributed by atoms with E-state index < -0.39 is 22.8 Å². The highest BCUT2D eigenvalue weighted by molar-refractivity contribution is 8.01. The largest absolute Gasteiger partial charge is 0.480 e. The van der Waals surface area contributed by atoms with Crippen molar-refractivity contribution in [2.75, 3.05) is 13.1 Å². The van der Waals surface area contributed by atoms with E-state index >= 15 is 0 Å². The fourth-order valence-corrected chi connectivity index (χ4v) is 7.61. The number of β-lactam (4-membered cyclic amide) rings is 1. The van der Waals surface area contributed by atoms with E-state index in [-0.39, 0.29) is 23.6 Å². The third-order valence-corrected chi connectivity index (χ3v) is 9.39. The van der Waals surface area contributed by atoms with Gasteiger partial charge in [-0.05, 0) is 56.5 Å². The first kappa shape index (κ1) is 32.3. The van der Waals surface area contributed by atoms with Crippen molar-refractivity contribution in [1.82, 2.24) is 15.1 Å². The molecule has 8 heteroatoms. The zero-order chi connectivity index (χ0) is 31.0. The van der Waals surface area contributed by atoms with Gasteiger partial charge in [-0.1, -0.05) is 105 Å². The average Bonchev–Trinajstić information content (AvgIpc) is 3.26. The molecule has 0 saturated carbocycles. The van der Waals surface area contributed by atoms with Crippen molar-refractivity contribution in [1.29, 1.82) is 0 Å². The molecule has 2 saturated heterocycles. The molecule has 3 aromatic rings. The Bertz CT molecular complexity index is 1310. The van der Waals surface area contributed by atoms with Crippen LogP contribution in [-0.4, -0.2) is 68.0 Å². The minimum absolute atomic E-state index is 0.202. The molecule has 2 aliphatic rings. The zero-order valence-electron chi connectivity index (χ0n) is 25.5. The SMILES string of the molecule is CC1(C)SC2C(NC(=O)Cc3ccccc3)C(=O)N2C1C(=O)O.CCCN(CCC)C(c1ccccc1)c1ccccc1. The number of benzene rings is 3. The standard InChI is InChI=1S/C19H25N.C16H18N2O4S/c1-3-15-20(16-4-2)19(17-11-7-5-8-12-17)18-13-9-6-10-14-18;1-16(2)12(15(21)22)18-13(20)11(14(18)23-16)17-10(19)8-9-6-4-3-5-7-9/h5-14,19H,3-4,15-16H2,1-2H3;3-7,11-12,14H,8H2,1-2H3,(H,17,19)(H,21,22). The Labute approximate surface area is 259 Å². The summed E-state index contributed by atoms with van der Waals surface area (Å²) in [5, 5.41) is 11.8. The van der Waals surface area contributed by atoms with Crippen LogP contribution in [0, 0.1) is 0 Å². The first-order valence-electron chi connectivity index (χ1n) is 15.1. The molecule has 0 bridgehead atoms. The van der Waals surface area contributed by atoms with Crippen LogP contribution in [0.3, 0.4) is 0 Å². The van der Waals surface area contributed by atoms with E-state index in [1.54, 1.807) is 0 Å². The smallest absolute Gasteiger partial charge is 0.327 e. The molecule has 2 N–H and O–H groups in total. The molecule has 2 aliphatic heterocycles. The van der Waals surface area contributed by atoms with Crippen LogP contribution in [0.4, 0.5) is 0 Å². The Morgan fingerprint density at radius 3 is 1.84 bits per heavy atom. The normalized spacial score (nSPS) is 20.2. The van der Waals surface area contributed by atoms with Crippen molar-refractivity contribution in [2.45, 2.75) is 75.2 Å². The molecule has 3 atom stereocenters. The van der Waals surface area contributed by atoms with Crippen molar-refractivity contribution >= 4 is 29.5 Å². The average molecular weight is 602 g/mol. The highest BCUT2D eigenvalue weighted by Crippen LogP contribution is 2.50. The summed E-state index contributed by atoms with van der Waals surface area (Å²) in [6, 6.07) is 29.9. The second-order valence-corrected chi connectivity index (χ2v) is 13.3. The van der Waals surface area contributed by atoms with E-state index in [1.807, 2.05) is 44.2 Å². The Balaban J connectivity index is 0.000000199. The lowest BCUT2D eigenvalue weighted by atomic mass is 9.96. The van der Waals surface area contributed by atoms with E-state index in [4.69, 9.17) is 0 Å². The van der Waals surface area contributed by atoms with Gasteiger partial charge in [-0.25, -0.2) is 4.79 Å². The van der Waals surface area contributed by atoms with Gasteiger partial charge in [-0.3, -0.25) is 14.5 Å². The maximum atomic E-state index is 12.3. The van der Waals surface area contributed by atoms with Gasteiger partial charge in [0.2, 0.25) is 11.8 Å². The predicted octanol–water partition coefficient (Wildman–Crippen LogP) is 5.76. The zero-order valence-corrected chi connectivity index (χ0v) is 26.3. The minimum atomic E-state index is -1.01. The molecule has 3 unspecified atom stereocenters. The lowest BCUT2D eigenvalue weighted by Crippen LogP contribution is -2.70. The number of nitrogens with one attached hydrogen (secondary N) is 1. The number of fused-ring (bicyclic) bond motifs is 1. The van der Waals surface area contributed by atoms with Crippen LogP contribution in [0.5, 0.6) is 0 Å². The second kappa shape index (κ2) is 14.7. The van der Waals surface area contributed by atoms with Crippen molar-refractivity contribution in [3.8, 4) is 0 Å². The molecular weight excluding hydrogens is 558 g/mol. The Morgan fingerprint density at radius 2 is 1.37 bits per heavy atom. The molecule has 43 heavy (non-hydrogen) atoms. The number of hydrogen-bond donors (Lipinski definition) is 2. The molecule has 228 valence electrons. The van der Waals surface area contributed by atoms with Gasteiger partial charge in [0.25, 0.3) is 0 Å². The highest BCUT2D eigenvalue weighted by atomic mass is 32.2. The van der Waals surface area contributed by atoms with Crippen molar-refractivity contribution in [3.63, 3.8) is 0 Å². The molecule has 0 aromatic heterocycles. The van der Waals surface area contributed by atoms with Gasteiger partial charge >= 0.3 is 5.97 Å². The van der Waals surface area contributed by atoms with Crippen molar-refractivity contribution in [3.05, 3.63) is 108 Å². The molecule has 0 radical (unpaired) electrons. The molecule has 0 aliphatic carbocycles. The van der Waals surface area contributed by atoms with Crippen LogP contribution < -0.4 is 5.32 Å². The van der Waals surface area contributed by atoms with E-state index in [0.717, 1.165) is 18.7 Å². The minimum Gasteiger partial charge on any atom is -0.480 e. The maximum Gasteiger partial charge on any atom is 0.327 e. The van der Waals surface area contributed by atoms with Gasteiger partial charge in [0, 0.05) is 4.75 Å². The lowest BCUT2D eigenvalue weighted by molar-refractivity contribution is -0.161. The molecule has 2 heterocycles. The number of hydrogen-bond acceptors (Lipinski definition) is 5. The number of amides is 2. The van der Waals surface area contributed by atoms with E-state index in [2.05, 4.69) is 84.7 Å². The summed E-state index contributed by atoms with van der Waals surface area (Å²) in [5.74, 6) is -1.55. The van der Waals surface area contributed by atoms with E-state index in [9.17, 15) is 19.5 Å². The predicted molar refractivity (Wildman–Crippen MR) is 173 cm³/mol. The van der Waals surface area contributed by atoms with Gasteiger partial charge in [-0.2, -0.15) is 0 Å². The third-order valence-electron chi connectivity index (χ3n) is 7.82. The van der Waals surface area contributed by atoms with Gasteiger partial charge in [0.1, 0.15) is 17.5 Å². The summed E-state index contributed by atoms with van der Waals surface area (Å²) < 4.78 is -0.578. The topological polar surface area (TPSA) is 90.0 Å². The van der Waals surface area contributed by atoms with Crippen LogP contribution in [0.15, 0.2) is 91.0 Å². The van der Waals surface area contributed by atoms with Crippen LogP contribution in [0.2, 0.25) is 0 Å². The van der Waals surface area contributed by atoms with E-state index in [0.29, 0.717) is 6.04 Å². The Kier molecular flexibility index (Phi) is 11.0. The number of thioether (sulfide) groups is 1. The first-order chi connectivity index (χ1) is 20.7. The summed E-state index contributed by atoms with van der Waals surface area (Å²) in [6.07, 6.45) is 2.58. The molecule has 3 aromatic carbocycles. The molecule has 2 amide bonds. The van der Waals surface area contributed by atoms with Crippen LogP contribution in [-0.2, 0) is 20.8 Å². The van der Waals surface area contributed by atoms with Crippen molar-refractivity contribution < 1.29 is 19.5 Å². The fourth-order valence-electron chi connectivity index (χ4n) is 5.98. The van der Waals surface area contributed by atoms with Crippen LogP contribution in [0.1, 0.15) is 63.3 Å². The summed E-state index contributed by atoms with van der Waals surface area (Å²) in [6.45, 7) is 10.4.